The largest absolute Gasteiger partial charge is 0.315 e. The molecule has 0 amide bonds. The SMILES string of the molecule is CNC1C(C)C1NC. The van der Waals surface area contributed by atoms with Crippen molar-refractivity contribution >= 4 is 0 Å². The van der Waals surface area contributed by atoms with Crippen LogP contribution in [0.2, 0.25) is 0 Å². The van der Waals surface area contributed by atoms with Crippen LogP contribution in [-0.2, 0) is 0 Å². The normalized spacial score (nSPS) is 44.6. The molecule has 0 aromatic heterocycles. The Labute approximate surface area is 50.7 Å². The summed E-state index contributed by atoms with van der Waals surface area (Å²) in [6, 6.07) is 1.44. The van der Waals surface area contributed by atoms with E-state index in [1.807, 2.05) is 14.1 Å². The second-order valence-corrected chi connectivity index (χ2v) is 2.49. The van der Waals surface area contributed by atoms with Gasteiger partial charge in [0.25, 0.3) is 0 Å². The highest BCUT2D eigenvalue weighted by Gasteiger charge is 2.44. The zero-order valence-electron chi connectivity index (χ0n) is 5.73. The lowest BCUT2D eigenvalue weighted by Crippen LogP contribution is -2.21. The van der Waals surface area contributed by atoms with Gasteiger partial charge in [-0.25, -0.2) is 0 Å². The van der Waals surface area contributed by atoms with Gasteiger partial charge in [0.2, 0.25) is 0 Å². The molecule has 1 aliphatic rings. The number of likely N-dealkylation sites (N-methyl/N-ethyl adjacent to an activating group) is 2. The Morgan fingerprint density at radius 2 is 1.38 bits per heavy atom. The summed E-state index contributed by atoms with van der Waals surface area (Å²) in [5, 5.41) is 6.45. The van der Waals surface area contributed by atoms with E-state index in [0.717, 1.165) is 18.0 Å². The molecule has 2 unspecified atom stereocenters. The van der Waals surface area contributed by atoms with Gasteiger partial charge in [0.1, 0.15) is 0 Å². The molecule has 1 saturated carbocycles. The molecule has 0 heterocycles. The molecule has 1 aliphatic carbocycles. The standard InChI is InChI=1S/C6H14N2/c1-4-5(7-2)6(4)8-3/h4-8H,1-3H3. The van der Waals surface area contributed by atoms with E-state index in [9.17, 15) is 0 Å². The average Bonchev–Trinajstić information content (AvgIpc) is 2.40. The minimum Gasteiger partial charge on any atom is -0.315 e. The molecule has 0 aromatic rings. The third kappa shape index (κ3) is 0.740. The Morgan fingerprint density at radius 1 is 1.00 bits per heavy atom. The maximum atomic E-state index is 3.23. The van der Waals surface area contributed by atoms with Crippen molar-refractivity contribution in [1.82, 2.24) is 10.6 Å². The Bertz CT molecular complexity index is 72.6. The first kappa shape index (κ1) is 6.05. The van der Waals surface area contributed by atoms with Crippen molar-refractivity contribution < 1.29 is 0 Å². The minimum atomic E-state index is 0.722. The van der Waals surface area contributed by atoms with Crippen LogP contribution in [0.3, 0.4) is 0 Å². The number of hydrogen-bond acceptors (Lipinski definition) is 2. The van der Waals surface area contributed by atoms with Gasteiger partial charge >= 0.3 is 0 Å². The fraction of sp³-hybridized carbons (Fsp3) is 1.00. The smallest absolute Gasteiger partial charge is 0.0262 e. The quantitative estimate of drug-likeness (QED) is 0.520. The van der Waals surface area contributed by atoms with Crippen LogP contribution in [0.5, 0.6) is 0 Å². The van der Waals surface area contributed by atoms with Crippen LogP contribution >= 0.6 is 0 Å². The van der Waals surface area contributed by atoms with Gasteiger partial charge in [0.15, 0.2) is 0 Å². The predicted molar refractivity (Wildman–Crippen MR) is 34.9 cm³/mol. The van der Waals surface area contributed by atoms with Gasteiger partial charge < -0.3 is 10.6 Å². The Hall–Kier alpha value is -0.0800. The van der Waals surface area contributed by atoms with Crippen LogP contribution in [0.4, 0.5) is 0 Å². The van der Waals surface area contributed by atoms with Crippen LogP contribution < -0.4 is 10.6 Å². The van der Waals surface area contributed by atoms with E-state index in [-0.39, 0.29) is 0 Å². The van der Waals surface area contributed by atoms with Gasteiger partial charge in [0.05, 0.1) is 0 Å². The topological polar surface area (TPSA) is 24.1 Å². The van der Waals surface area contributed by atoms with E-state index in [1.54, 1.807) is 0 Å². The molecule has 48 valence electrons. The maximum Gasteiger partial charge on any atom is 0.0262 e. The van der Waals surface area contributed by atoms with Crippen LogP contribution in [0.25, 0.3) is 0 Å². The molecule has 1 rings (SSSR count). The van der Waals surface area contributed by atoms with E-state index in [2.05, 4.69) is 17.6 Å². The molecule has 0 saturated heterocycles. The Morgan fingerprint density at radius 3 is 1.50 bits per heavy atom. The van der Waals surface area contributed by atoms with Gasteiger partial charge in [-0.2, -0.15) is 0 Å². The van der Waals surface area contributed by atoms with E-state index >= 15 is 0 Å². The summed E-state index contributed by atoms with van der Waals surface area (Å²) >= 11 is 0. The fourth-order valence-electron chi connectivity index (χ4n) is 1.35. The predicted octanol–water partition coefficient (Wildman–Crippen LogP) is -0.188. The van der Waals surface area contributed by atoms with E-state index in [1.165, 1.54) is 0 Å². The van der Waals surface area contributed by atoms with Crippen molar-refractivity contribution in [1.29, 1.82) is 0 Å². The van der Waals surface area contributed by atoms with Crippen molar-refractivity contribution in [3.05, 3.63) is 0 Å². The fourth-order valence-corrected chi connectivity index (χ4v) is 1.35. The second-order valence-electron chi connectivity index (χ2n) is 2.49. The Kier molecular flexibility index (Phi) is 1.54. The van der Waals surface area contributed by atoms with Crippen molar-refractivity contribution in [2.45, 2.75) is 19.0 Å². The molecule has 8 heavy (non-hydrogen) atoms. The van der Waals surface area contributed by atoms with E-state index < -0.39 is 0 Å². The van der Waals surface area contributed by atoms with Crippen molar-refractivity contribution in [3.8, 4) is 0 Å². The molecule has 0 aliphatic heterocycles. The molecule has 1 fully saturated rings. The van der Waals surface area contributed by atoms with Crippen molar-refractivity contribution in [2.24, 2.45) is 5.92 Å². The Balaban J connectivity index is 2.23. The van der Waals surface area contributed by atoms with Crippen LogP contribution in [0, 0.1) is 5.92 Å². The maximum absolute atomic E-state index is 3.23. The third-order valence-electron chi connectivity index (χ3n) is 2.05. The molecule has 2 atom stereocenters. The number of hydrogen-bond donors (Lipinski definition) is 2. The summed E-state index contributed by atoms with van der Waals surface area (Å²) in [6.07, 6.45) is 0. The summed E-state index contributed by atoms with van der Waals surface area (Å²) < 4.78 is 0. The summed E-state index contributed by atoms with van der Waals surface area (Å²) in [7, 11) is 4.02. The van der Waals surface area contributed by atoms with Gasteiger partial charge in [-0.3, -0.25) is 0 Å². The highest BCUT2D eigenvalue weighted by atomic mass is 15.1. The van der Waals surface area contributed by atoms with Gasteiger partial charge in [-0.1, -0.05) is 6.92 Å². The molecular weight excluding hydrogens is 100 g/mol. The molecule has 2 heteroatoms. The molecule has 0 bridgehead atoms. The van der Waals surface area contributed by atoms with Crippen molar-refractivity contribution in [2.75, 3.05) is 14.1 Å². The third-order valence-corrected chi connectivity index (χ3v) is 2.05. The van der Waals surface area contributed by atoms with Crippen LogP contribution in [0.15, 0.2) is 0 Å². The molecule has 2 N–H and O–H groups in total. The summed E-state index contributed by atoms with van der Waals surface area (Å²) in [4.78, 5) is 0. The second kappa shape index (κ2) is 2.03. The average molecular weight is 114 g/mol. The highest BCUT2D eigenvalue weighted by molar-refractivity contribution is 5.05. The number of nitrogens with one attached hydrogen (secondary N) is 2. The first-order valence-electron chi connectivity index (χ1n) is 3.15. The molecule has 0 radical (unpaired) electrons. The zero-order valence-corrected chi connectivity index (χ0v) is 5.73. The molecular formula is C6H14N2. The van der Waals surface area contributed by atoms with Crippen LogP contribution in [0.1, 0.15) is 6.92 Å². The molecule has 2 nitrogen and oxygen atoms in total. The van der Waals surface area contributed by atoms with Gasteiger partial charge in [-0.15, -0.1) is 0 Å². The summed E-state index contributed by atoms with van der Waals surface area (Å²) in [5.41, 5.74) is 0. The minimum absolute atomic E-state index is 0.722. The first-order chi connectivity index (χ1) is 3.81. The zero-order chi connectivity index (χ0) is 6.15. The lowest BCUT2D eigenvalue weighted by Gasteiger charge is -1.91. The molecule has 0 aromatic carbocycles. The summed E-state index contributed by atoms with van der Waals surface area (Å²) in [6.45, 7) is 2.25. The lowest BCUT2D eigenvalue weighted by molar-refractivity contribution is 0.708. The monoisotopic (exact) mass is 114 g/mol. The molecule has 0 spiro atoms. The number of rotatable bonds is 2. The van der Waals surface area contributed by atoms with Gasteiger partial charge in [-0.05, 0) is 20.0 Å². The first-order valence-corrected chi connectivity index (χ1v) is 3.15. The summed E-state index contributed by atoms with van der Waals surface area (Å²) in [5.74, 6) is 0.824. The van der Waals surface area contributed by atoms with Crippen LogP contribution in [-0.4, -0.2) is 26.2 Å². The van der Waals surface area contributed by atoms with Gasteiger partial charge in [0, 0.05) is 12.1 Å². The van der Waals surface area contributed by atoms with E-state index in [4.69, 9.17) is 0 Å². The highest BCUT2D eigenvalue weighted by Crippen LogP contribution is 2.29. The lowest BCUT2D eigenvalue weighted by atomic mass is 10.5. The van der Waals surface area contributed by atoms with Crippen molar-refractivity contribution in [3.63, 3.8) is 0 Å². The van der Waals surface area contributed by atoms with E-state index in [0.29, 0.717) is 0 Å².